The number of fused-ring (bicyclic) bond motifs is 1. The summed E-state index contributed by atoms with van der Waals surface area (Å²) in [7, 11) is 1.61. The Morgan fingerprint density at radius 1 is 1.16 bits per heavy atom. The van der Waals surface area contributed by atoms with Crippen molar-refractivity contribution in [2.45, 2.75) is 26.2 Å². The first-order valence-corrected chi connectivity index (χ1v) is 10.1. The largest absolute Gasteiger partial charge is 0.497 e. The first kappa shape index (κ1) is 20.7. The molecule has 1 amide bonds. The Labute approximate surface area is 181 Å². The number of carbonyl (C=O) groups is 1. The van der Waals surface area contributed by atoms with Gasteiger partial charge in [0.15, 0.2) is 17.2 Å². The second-order valence-corrected chi connectivity index (χ2v) is 8.06. The number of hydrogen-bond donors (Lipinski definition) is 1. The standard InChI is InChI=1S/C23H26N4O4/c1-15-21(25-26-27(15)17-6-5-7-18(13-17)29-4)22(28)24-14-23(2,3)16-8-9-19-20(12-16)31-11-10-30-19/h5-9,12-13H,10-11,14H2,1-4H3,(H,24,28). The first-order chi connectivity index (χ1) is 14.9. The average Bonchev–Trinajstić information content (AvgIpc) is 3.18. The van der Waals surface area contributed by atoms with Crippen LogP contribution in [0.2, 0.25) is 0 Å². The van der Waals surface area contributed by atoms with Gasteiger partial charge in [0, 0.05) is 18.0 Å². The maximum absolute atomic E-state index is 12.8. The van der Waals surface area contributed by atoms with Gasteiger partial charge >= 0.3 is 0 Å². The monoisotopic (exact) mass is 422 g/mol. The molecule has 1 aromatic heterocycles. The van der Waals surface area contributed by atoms with Crippen LogP contribution < -0.4 is 19.5 Å². The maximum Gasteiger partial charge on any atom is 0.273 e. The van der Waals surface area contributed by atoms with Crippen LogP contribution in [0.3, 0.4) is 0 Å². The first-order valence-electron chi connectivity index (χ1n) is 10.1. The van der Waals surface area contributed by atoms with E-state index in [0.29, 0.717) is 36.9 Å². The van der Waals surface area contributed by atoms with Gasteiger partial charge in [0.05, 0.1) is 18.5 Å². The molecule has 4 rings (SSSR count). The van der Waals surface area contributed by atoms with Gasteiger partial charge < -0.3 is 19.5 Å². The third-order valence-electron chi connectivity index (χ3n) is 5.42. The van der Waals surface area contributed by atoms with Crippen molar-refractivity contribution in [1.82, 2.24) is 20.3 Å². The van der Waals surface area contributed by atoms with Crippen molar-refractivity contribution in [3.63, 3.8) is 0 Å². The van der Waals surface area contributed by atoms with E-state index in [9.17, 15) is 4.79 Å². The van der Waals surface area contributed by atoms with Crippen LogP contribution in [0.1, 0.15) is 35.6 Å². The molecule has 31 heavy (non-hydrogen) atoms. The number of amides is 1. The molecule has 0 bridgehead atoms. The molecule has 1 N–H and O–H groups in total. The zero-order chi connectivity index (χ0) is 22.0. The summed E-state index contributed by atoms with van der Waals surface area (Å²) in [5.41, 5.74) is 2.46. The zero-order valence-electron chi connectivity index (χ0n) is 18.1. The van der Waals surface area contributed by atoms with Crippen LogP contribution in [0, 0.1) is 6.92 Å². The van der Waals surface area contributed by atoms with E-state index in [1.54, 1.807) is 11.8 Å². The fraction of sp³-hybridized carbons (Fsp3) is 0.348. The van der Waals surface area contributed by atoms with Crippen LogP contribution in [-0.4, -0.2) is 47.8 Å². The molecule has 0 atom stereocenters. The molecule has 1 aliphatic heterocycles. The van der Waals surface area contributed by atoms with Crippen molar-refractivity contribution >= 4 is 5.91 Å². The van der Waals surface area contributed by atoms with Crippen LogP contribution in [0.5, 0.6) is 17.2 Å². The van der Waals surface area contributed by atoms with Crippen molar-refractivity contribution in [3.05, 3.63) is 59.4 Å². The van der Waals surface area contributed by atoms with Crippen LogP contribution in [0.25, 0.3) is 5.69 Å². The molecule has 0 fully saturated rings. The van der Waals surface area contributed by atoms with Crippen molar-refractivity contribution in [2.75, 3.05) is 26.9 Å². The second kappa shape index (κ2) is 8.29. The molecule has 8 nitrogen and oxygen atoms in total. The molecule has 0 saturated heterocycles. The Hall–Kier alpha value is -3.55. The molecule has 2 aromatic carbocycles. The molecular weight excluding hydrogens is 396 g/mol. The highest BCUT2D eigenvalue weighted by Crippen LogP contribution is 2.35. The third kappa shape index (κ3) is 4.19. The summed E-state index contributed by atoms with van der Waals surface area (Å²) in [6.45, 7) is 7.48. The zero-order valence-corrected chi connectivity index (χ0v) is 18.1. The summed E-state index contributed by atoms with van der Waals surface area (Å²) in [4.78, 5) is 12.8. The van der Waals surface area contributed by atoms with Gasteiger partial charge in [-0.1, -0.05) is 31.2 Å². The van der Waals surface area contributed by atoms with Crippen molar-refractivity contribution in [1.29, 1.82) is 0 Å². The van der Waals surface area contributed by atoms with E-state index in [1.165, 1.54) is 0 Å². The number of nitrogens with zero attached hydrogens (tertiary/aromatic N) is 3. The SMILES string of the molecule is COc1cccc(-n2nnc(C(=O)NCC(C)(C)c3ccc4c(c3)OCCO4)c2C)c1. The quantitative estimate of drug-likeness (QED) is 0.657. The van der Waals surface area contributed by atoms with E-state index < -0.39 is 0 Å². The number of benzene rings is 2. The Kier molecular flexibility index (Phi) is 5.54. The third-order valence-corrected chi connectivity index (χ3v) is 5.42. The summed E-state index contributed by atoms with van der Waals surface area (Å²) in [5, 5.41) is 11.2. The van der Waals surface area contributed by atoms with Gasteiger partial charge in [-0.3, -0.25) is 4.79 Å². The van der Waals surface area contributed by atoms with Crippen molar-refractivity contribution in [3.8, 4) is 22.9 Å². The average molecular weight is 422 g/mol. The van der Waals surface area contributed by atoms with E-state index in [1.807, 2.05) is 49.4 Å². The van der Waals surface area contributed by atoms with Crippen LogP contribution in [0.4, 0.5) is 0 Å². The minimum absolute atomic E-state index is 0.266. The van der Waals surface area contributed by atoms with Crippen LogP contribution in [0.15, 0.2) is 42.5 Å². The Morgan fingerprint density at radius 2 is 1.94 bits per heavy atom. The summed E-state index contributed by atoms with van der Waals surface area (Å²) in [6.07, 6.45) is 0. The summed E-state index contributed by atoms with van der Waals surface area (Å²) >= 11 is 0. The molecule has 2 heterocycles. The predicted octanol–water partition coefficient (Wildman–Crippen LogP) is 3.06. The van der Waals surface area contributed by atoms with Gasteiger partial charge in [0.25, 0.3) is 5.91 Å². The summed E-state index contributed by atoms with van der Waals surface area (Å²) < 4.78 is 18.2. The molecule has 0 unspecified atom stereocenters. The molecule has 0 spiro atoms. The topological polar surface area (TPSA) is 87.5 Å². The molecular formula is C23H26N4O4. The summed E-state index contributed by atoms with van der Waals surface area (Å²) in [6, 6.07) is 13.3. The maximum atomic E-state index is 12.8. The van der Waals surface area contributed by atoms with E-state index in [0.717, 1.165) is 22.7 Å². The molecule has 0 radical (unpaired) electrons. The van der Waals surface area contributed by atoms with E-state index in [4.69, 9.17) is 14.2 Å². The number of ether oxygens (including phenoxy) is 3. The lowest BCUT2D eigenvalue weighted by Crippen LogP contribution is -2.37. The number of nitrogens with one attached hydrogen (secondary N) is 1. The Bertz CT molecular complexity index is 1110. The Morgan fingerprint density at radius 3 is 2.71 bits per heavy atom. The number of hydrogen-bond acceptors (Lipinski definition) is 6. The Balaban J connectivity index is 1.48. The molecule has 0 saturated carbocycles. The lowest BCUT2D eigenvalue weighted by Gasteiger charge is -2.27. The fourth-order valence-corrected chi connectivity index (χ4v) is 3.48. The van der Waals surface area contributed by atoms with Gasteiger partial charge in [0.1, 0.15) is 19.0 Å². The van der Waals surface area contributed by atoms with Gasteiger partial charge in [-0.05, 0) is 36.8 Å². The van der Waals surface area contributed by atoms with E-state index in [2.05, 4.69) is 29.5 Å². The minimum atomic E-state index is -0.317. The van der Waals surface area contributed by atoms with Gasteiger partial charge in [-0.2, -0.15) is 0 Å². The fourth-order valence-electron chi connectivity index (χ4n) is 3.48. The van der Waals surface area contributed by atoms with Crippen LogP contribution in [-0.2, 0) is 5.41 Å². The smallest absolute Gasteiger partial charge is 0.273 e. The van der Waals surface area contributed by atoms with Crippen molar-refractivity contribution < 1.29 is 19.0 Å². The molecule has 1 aliphatic rings. The van der Waals surface area contributed by atoms with E-state index in [-0.39, 0.29) is 11.3 Å². The minimum Gasteiger partial charge on any atom is -0.497 e. The number of methoxy groups -OCH3 is 1. The van der Waals surface area contributed by atoms with Gasteiger partial charge in [-0.15, -0.1) is 5.10 Å². The summed E-state index contributed by atoms with van der Waals surface area (Å²) in [5.74, 6) is 1.93. The van der Waals surface area contributed by atoms with Crippen molar-refractivity contribution in [2.24, 2.45) is 0 Å². The lowest BCUT2D eigenvalue weighted by molar-refractivity contribution is 0.0940. The van der Waals surface area contributed by atoms with Crippen LogP contribution >= 0.6 is 0 Å². The van der Waals surface area contributed by atoms with E-state index >= 15 is 0 Å². The highest BCUT2D eigenvalue weighted by Gasteiger charge is 2.26. The number of aromatic nitrogens is 3. The molecule has 3 aromatic rings. The number of carbonyl (C=O) groups excluding carboxylic acids is 1. The number of rotatable bonds is 6. The van der Waals surface area contributed by atoms with Gasteiger partial charge in [0.2, 0.25) is 0 Å². The molecule has 0 aliphatic carbocycles. The second-order valence-electron chi connectivity index (χ2n) is 8.06. The highest BCUT2D eigenvalue weighted by atomic mass is 16.6. The predicted molar refractivity (Wildman–Crippen MR) is 115 cm³/mol. The highest BCUT2D eigenvalue weighted by molar-refractivity contribution is 5.93. The lowest BCUT2D eigenvalue weighted by atomic mass is 9.84. The normalized spacial score (nSPS) is 13.0. The molecule has 162 valence electrons. The van der Waals surface area contributed by atoms with Gasteiger partial charge in [-0.25, -0.2) is 4.68 Å². The molecule has 8 heteroatoms.